The van der Waals surface area contributed by atoms with Gasteiger partial charge < -0.3 is 16.0 Å². The van der Waals surface area contributed by atoms with Gasteiger partial charge in [-0.15, -0.1) is 0 Å². The van der Waals surface area contributed by atoms with Crippen molar-refractivity contribution in [2.24, 2.45) is 11.7 Å². The van der Waals surface area contributed by atoms with Crippen LogP contribution < -0.4 is 11.1 Å². The van der Waals surface area contributed by atoms with Crippen LogP contribution in [0.2, 0.25) is 5.15 Å². The summed E-state index contributed by atoms with van der Waals surface area (Å²) in [5, 5.41) is 7.98. The first-order chi connectivity index (χ1) is 15.9. The Hall–Kier alpha value is -3.46. The number of fused-ring (bicyclic) bond motifs is 2. The van der Waals surface area contributed by atoms with E-state index in [9.17, 15) is 14.4 Å². The molecular weight excluding hydrogens is 444 g/mol. The van der Waals surface area contributed by atoms with E-state index in [0.717, 1.165) is 19.3 Å². The maximum absolute atomic E-state index is 13.5. The topological polar surface area (TPSA) is 123 Å². The van der Waals surface area contributed by atoms with Gasteiger partial charge in [-0.3, -0.25) is 19.1 Å². The predicted molar refractivity (Wildman–Crippen MR) is 123 cm³/mol. The second-order valence-corrected chi connectivity index (χ2v) is 8.92. The summed E-state index contributed by atoms with van der Waals surface area (Å²) in [5.74, 6) is -0.516. The normalized spacial score (nSPS) is 21.8. The Kier molecular flexibility index (Phi) is 5.49. The number of primary amides is 1. The van der Waals surface area contributed by atoms with Crippen LogP contribution in [0.5, 0.6) is 0 Å². The summed E-state index contributed by atoms with van der Waals surface area (Å²) in [6, 6.07) is 11.5. The molecule has 1 aliphatic carbocycles. The van der Waals surface area contributed by atoms with Gasteiger partial charge in [-0.25, -0.2) is 4.98 Å². The van der Waals surface area contributed by atoms with Crippen LogP contribution in [0.4, 0.5) is 5.82 Å². The highest BCUT2D eigenvalue weighted by atomic mass is 35.5. The third-order valence-electron chi connectivity index (χ3n) is 6.57. The number of benzene rings is 1. The van der Waals surface area contributed by atoms with Crippen molar-refractivity contribution in [3.05, 3.63) is 53.3 Å². The largest absolute Gasteiger partial charge is 0.364 e. The second-order valence-electron chi connectivity index (χ2n) is 8.53. The first-order valence-electron chi connectivity index (χ1n) is 10.9. The van der Waals surface area contributed by atoms with Crippen molar-refractivity contribution in [2.75, 3.05) is 5.32 Å². The van der Waals surface area contributed by atoms with E-state index in [0.29, 0.717) is 23.1 Å². The summed E-state index contributed by atoms with van der Waals surface area (Å²) in [6.07, 6.45) is 3.49. The Labute approximate surface area is 194 Å². The van der Waals surface area contributed by atoms with E-state index in [1.807, 2.05) is 6.07 Å². The van der Waals surface area contributed by atoms with Crippen LogP contribution in [-0.4, -0.2) is 49.5 Å². The highest BCUT2D eigenvalue weighted by molar-refractivity contribution is 6.29. The van der Waals surface area contributed by atoms with Crippen LogP contribution in [0.3, 0.4) is 0 Å². The monoisotopic (exact) mass is 466 g/mol. The van der Waals surface area contributed by atoms with Crippen molar-refractivity contribution in [2.45, 2.75) is 44.3 Å². The third kappa shape index (κ3) is 3.93. The summed E-state index contributed by atoms with van der Waals surface area (Å²) >= 11 is 5.94. The lowest BCUT2D eigenvalue weighted by Gasteiger charge is -2.29. The fourth-order valence-electron chi connectivity index (χ4n) is 5.21. The van der Waals surface area contributed by atoms with Crippen molar-refractivity contribution < 1.29 is 14.4 Å². The molecular formula is C23H23ClN6O3. The van der Waals surface area contributed by atoms with Gasteiger partial charge in [0.05, 0.1) is 5.52 Å². The Morgan fingerprint density at radius 3 is 2.73 bits per heavy atom. The minimum absolute atomic E-state index is 0.0120. The van der Waals surface area contributed by atoms with Gasteiger partial charge in [0.25, 0.3) is 5.91 Å². The number of likely N-dealkylation sites (tertiary alicyclic amines) is 1. The molecule has 2 aliphatic rings. The molecule has 3 aromatic rings. The van der Waals surface area contributed by atoms with Gasteiger partial charge in [0.2, 0.25) is 11.8 Å². The first kappa shape index (κ1) is 21.4. The van der Waals surface area contributed by atoms with Crippen LogP contribution >= 0.6 is 11.6 Å². The molecule has 1 aromatic carbocycles. The minimum Gasteiger partial charge on any atom is -0.364 e. The summed E-state index contributed by atoms with van der Waals surface area (Å²) in [6.45, 7) is -0.0871. The Morgan fingerprint density at radius 1 is 1.12 bits per heavy atom. The van der Waals surface area contributed by atoms with Gasteiger partial charge in [-0.1, -0.05) is 42.3 Å². The molecule has 1 saturated carbocycles. The second kappa shape index (κ2) is 8.47. The van der Waals surface area contributed by atoms with Crippen molar-refractivity contribution in [1.82, 2.24) is 19.7 Å². The number of hydrogen-bond acceptors (Lipinski definition) is 5. The van der Waals surface area contributed by atoms with Gasteiger partial charge in [-0.05, 0) is 43.4 Å². The molecule has 0 unspecified atom stereocenters. The number of nitrogens with two attached hydrogens (primary N) is 1. The molecule has 10 heteroatoms. The SMILES string of the molecule is NC(=O)c1nn(CC(=O)N2[C@H](C(=O)Nc3cccc(Cl)n3)C[C@@H]3CCC[C@@H]32)c2ccccc12. The molecule has 0 radical (unpaired) electrons. The third-order valence-corrected chi connectivity index (χ3v) is 6.78. The molecule has 2 aromatic heterocycles. The van der Waals surface area contributed by atoms with Crippen LogP contribution in [0, 0.1) is 5.92 Å². The molecule has 2 fully saturated rings. The smallest absolute Gasteiger partial charge is 0.269 e. The maximum atomic E-state index is 13.5. The van der Waals surface area contributed by atoms with E-state index in [2.05, 4.69) is 15.4 Å². The number of carbonyl (C=O) groups excluding carboxylic acids is 3. The van der Waals surface area contributed by atoms with E-state index < -0.39 is 11.9 Å². The number of carbonyl (C=O) groups is 3. The molecule has 0 spiro atoms. The number of para-hydroxylation sites is 1. The zero-order valence-corrected chi connectivity index (χ0v) is 18.5. The average Bonchev–Trinajstić information content (AvgIpc) is 3.47. The summed E-state index contributed by atoms with van der Waals surface area (Å²) in [7, 11) is 0. The molecule has 3 amide bonds. The molecule has 0 bridgehead atoms. The number of amides is 3. The molecule has 5 rings (SSSR count). The van der Waals surface area contributed by atoms with Crippen LogP contribution in [0.15, 0.2) is 42.5 Å². The van der Waals surface area contributed by atoms with Crippen molar-refractivity contribution in [3.63, 3.8) is 0 Å². The van der Waals surface area contributed by atoms with E-state index >= 15 is 0 Å². The van der Waals surface area contributed by atoms with E-state index in [4.69, 9.17) is 17.3 Å². The van der Waals surface area contributed by atoms with E-state index in [-0.39, 0.29) is 41.2 Å². The van der Waals surface area contributed by atoms with Crippen molar-refractivity contribution in [1.29, 1.82) is 0 Å². The highest BCUT2D eigenvalue weighted by Crippen LogP contribution is 2.41. The van der Waals surface area contributed by atoms with Gasteiger partial charge in [0.15, 0.2) is 5.69 Å². The van der Waals surface area contributed by atoms with Crippen LogP contribution in [0.1, 0.15) is 36.2 Å². The summed E-state index contributed by atoms with van der Waals surface area (Å²) < 4.78 is 1.49. The van der Waals surface area contributed by atoms with Crippen molar-refractivity contribution in [3.8, 4) is 0 Å². The molecule has 3 heterocycles. The lowest BCUT2D eigenvalue weighted by molar-refractivity contribution is -0.139. The Morgan fingerprint density at radius 2 is 1.94 bits per heavy atom. The predicted octanol–water partition coefficient (Wildman–Crippen LogP) is 2.59. The summed E-state index contributed by atoms with van der Waals surface area (Å²) in [5.41, 5.74) is 6.25. The molecule has 170 valence electrons. The highest BCUT2D eigenvalue weighted by Gasteiger charge is 2.48. The van der Waals surface area contributed by atoms with Crippen LogP contribution in [0.25, 0.3) is 10.9 Å². The minimum atomic E-state index is -0.652. The number of rotatable bonds is 5. The zero-order chi connectivity index (χ0) is 23.1. The molecule has 9 nitrogen and oxygen atoms in total. The fraction of sp³-hybridized carbons (Fsp3) is 0.348. The van der Waals surface area contributed by atoms with E-state index in [1.54, 1.807) is 41.3 Å². The van der Waals surface area contributed by atoms with E-state index in [1.165, 1.54) is 4.68 Å². The number of nitrogens with zero attached hydrogens (tertiary/aromatic N) is 4. The molecule has 33 heavy (non-hydrogen) atoms. The lowest BCUT2D eigenvalue weighted by Crippen LogP contribution is -2.48. The fourth-order valence-corrected chi connectivity index (χ4v) is 5.37. The van der Waals surface area contributed by atoms with Gasteiger partial charge >= 0.3 is 0 Å². The number of halogens is 1. The first-order valence-corrected chi connectivity index (χ1v) is 11.3. The number of nitrogens with one attached hydrogen (secondary N) is 1. The Balaban J connectivity index is 1.42. The zero-order valence-electron chi connectivity index (χ0n) is 17.8. The molecule has 1 saturated heterocycles. The molecule has 3 atom stereocenters. The maximum Gasteiger partial charge on any atom is 0.269 e. The Bertz CT molecular complexity index is 1260. The lowest BCUT2D eigenvalue weighted by atomic mass is 10.0. The van der Waals surface area contributed by atoms with Crippen LogP contribution in [-0.2, 0) is 16.1 Å². The quantitative estimate of drug-likeness (QED) is 0.559. The summed E-state index contributed by atoms with van der Waals surface area (Å²) in [4.78, 5) is 44.4. The van der Waals surface area contributed by atoms with Gasteiger partial charge in [0.1, 0.15) is 23.6 Å². The number of hydrogen-bond donors (Lipinski definition) is 2. The van der Waals surface area contributed by atoms with Gasteiger partial charge in [0, 0.05) is 11.4 Å². The average molecular weight is 467 g/mol. The number of pyridine rings is 1. The standard InChI is InChI=1S/C23H23ClN6O3/c24-18-9-4-10-19(26-18)27-23(33)17-11-13-5-3-8-15(13)30(17)20(31)12-29-16-7-2-1-6-14(16)21(28-29)22(25)32/h1-2,4,6-7,9-10,13,15,17H,3,5,8,11-12H2,(H2,25,32)(H,26,27,33)/t13-,15-,17-/m0/s1. The molecule has 3 N–H and O–H groups in total. The number of anilines is 1. The van der Waals surface area contributed by atoms with Gasteiger partial charge in [-0.2, -0.15) is 5.10 Å². The molecule has 1 aliphatic heterocycles. The number of aromatic nitrogens is 3. The van der Waals surface area contributed by atoms with Crippen molar-refractivity contribution >= 4 is 46.0 Å².